The van der Waals surface area contributed by atoms with Crippen LogP contribution in [0.3, 0.4) is 0 Å². The number of unbranched alkanes of at least 4 members (excludes halogenated alkanes) is 1. The maximum atomic E-state index is 10.2. The van der Waals surface area contributed by atoms with Gasteiger partial charge in [0.25, 0.3) is 0 Å². The molecule has 0 radical (unpaired) electrons. The van der Waals surface area contributed by atoms with Crippen molar-refractivity contribution in [1.29, 1.82) is 0 Å². The zero-order valence-corrected chi connectivity index (χ0v) is 22.9. The summed E-state index contributed by atoms with van der Waals surface area (Å²) in [4.78, 5) is 7.46. The number of rotatable bonds is 18. The lowest BCUT2D eigenvalue weighted by Gasteiger charge is -2.24. The Balaban J connectivity index is 2.77. The number of nitrogens with zero attached hydrogens (tertiary/aromatic N) is 2. The number of hydrogen-bond acceptors (Lipinski definition) is 5. The molecule has 0 aliphatic carbocycles. The third-order valence-corrected chi connectivity index (χ3v) is 6.65. The molecular formula is C26H44BrN3OS. The Morgan fingerprint density at radius 2 is 2.16 bits per heavy atom. The molecule has 0 aliphatic rings. The summed E-state index contributed by atoms with van der Waals surface area (Å²) in [5.74, 6) is 0.830. The SMILES string of the molecule is C=CCC(/C=C\CBr)c1csc(N(CCCC)C/C(=C/C)CCCC(O)NCC(C)C)n1. The van der Waals surface area contributed by atoms with Crippen LogP contribution in [0.15, 0.2) is 41.8 Å². The average molecular weight is 527 g/mol. The highest BCUT2D eigenvalue weighted by Gasteiger charge is 2.16. The van der Waals surface area contributed by atoms with Gasteiger partial charge in [-0.2, -0.15) is 0 Å². The van der Waals surface area contributed by atoms with Crippen LogP contribution in [0, 0.1) is 5.92 Å². The van der Waals surface area contributed by atoms with Gasteiger partial charge in [0.15, 0.2) is 5.13 Å². The summed E-state index contributed by atoms with van der Waals surface area (Å²) in [5.41, 5.74) is 2.54. The van der Waals surface area contributed by atoms with Crippen molar-refractivity contribution in [3.63, 3.8) is 0 Å². The second-order valence-electron chi connectivity index (χ2n) is 8.70. The van der Waals surface area contributed by atoms with Crippen LogP contribution in [0.25, 0.3) is 0 Å². The van der Waals surface area contributed by atoms with Crippen LogP contribution >= 0.6 is 27.3 Å². The minimum atomic E-state index is -0.414. The molecule has 0 saturated heterocycles. The first kappa shape index (κ1) is 29.1. The van der Waals surface area contributed by atoms with E-state index in [0.717, 1.165) is 67.9 Å². The Kier molecular flexibility index (Phi) is 15.9. The van der Waals surface area contributed by atoms with Crippen molar-refractivity contribution in [1.82, 2.24) is 10.3 Å². The standard InChI is InChI=1S/C26H44BrN3OS/c1-6-9-17-30(19-22(8-3)13-10-15-25(31)28-18-21(4)5)26-29-24(20-32-26)23(12-7-2)14-11-16-27/h7-8,11,14,20-21,23,25,28,31H,2,6,9-10,12-13,15-19H2,1,3-5H3/b14-11-,22-8+. The van der Waals surface area contributed by atoms with Crippen LogP contribution in [0.2, 0.25) is 0 Å². The molecule has 32 heavy (non-hydrogen) atoms. The Hall–Kier alpha value is -0.950. The van der Waals surface area contributed by atoms with Crippen molar-refractivity contribution < 1.29 is 5.11 Å². The van der Waals surface area contributed by atoms with Gasteiger partial charge in [-0.15, -0.1) is 17.9 Å². The maximum Gasteiger partial charge on any atom is 0.185 e. The predicted octanol–water partition coefficient (Wildman–Crippen LogP) is 7.04. The van der Waals surface area contributed by atoms with Crippen LogP contribution < -0.4 is 10.2 Å². The first-order valence-electron chi connectivity index (χ1n) is 12.0. The molecule has 1 heterocycles. The van der Waals surface area contributed by atoms with Gasteiger partial charge in [0.2, 0.25) is 0 Å². The van der Waals surface area contributed by atoms with Gasteiger partial charge in [0, 0.05) is 29.7 Å². The summed E-state index contributed by atoms with van der Waals surface area (Å²) in [6, 6.07) is 0. The van der Waals surface area contributed by atoms with Gasteiger partial charge < -0.3 is 10.0 Å². The second kappa shape index (κ2) is 17.5. The maximum absolute atomic E-state index is 10.2. The highest BCUT2D eigenvalue weighted by atomic mass is 79.9. The van der Waals surface area contributed by atoms with Crippen LogP contribution in [0.4, 0.5) is 5.13 Å². The lowest BCUT2D eigenvalue weighted by atomic mass is 10.0. The molecule has 0 aromatic carbocycles. The topological polar surface area (TPSA) is 48.4 Å². The van der Waals surface area contributed by atoms with E-state index in [2.05, 4.69) is 84.0 Å². The summed E-state index contributed by atoms with van der Waals surface area (Å²) in [6.07, 6.45) is 14.2. The lowest BCUT2D eigenvalue weighted by molar-refractivity contribution is 0.121. The van der Waals surface area contributed by atoms with Crippen LogP contribution in [0.1, 0.15) is 77.8 Å². The van der Waals surface area contributed by atoms with Gasteiger partial charge in [-0.25, -0.2) is 4.98 Å². The Bertz CT molecular complexity index is 686. The summed E-state index contributed by atoms with van der Waals surface area (Å²) in [7, 11) is 0. The molecule has 4 nitrogen and oxygen atoms in total. The fourth-order valence-corrected chi connectivity index (χ4v) is 4.56. The molecule has 2 N–H and O–H groups in total. The molecule has 2 atom stereocenters. The Morgan fingerprint density at radius 3 is 2.78 bits per heavy atom. The second-order valence-corrected chi connectivity index (χ2v) is 10.2. The third-order valence-electron chi connectivity index (χ3n) is 5.36. The molecule has 1 rings (SSSR count). The molecule has 0 bridgehead atoms. The van der Waals surface area contributed by atoms with Crippen molar-refractivity contribution in [2.75, 3.05) is 29.9 Å². The first-order chi connectivity index (χ1) is 15.4. The van der Waals surface area contributed by atoms with E-state index in [1.807, 2.05) is 6.08 Å². The minimum absolute atomic E-state index is 0.282. The number of allylic oxidation sites excluding steroid dienone is 4. The van der Waals surface area contributed by atoms with Crippen molar-refractivity contribution in [2.24, 2.45) is 5.92 Å². The molecule has 0 amide bonds. The van der Waals surface area contributed by atoms with Gasteiger partial charge in [-0.3, -0.25) is 5.32 Å². The molecule has 0 aliphatic heterocycles. The molecule has 182 valence electrons. The molecule has 6 heteroatoms. The van der Waals surface area contributed by atoms with Crippen molar-refractivity contribution >= 4 is 32.4 Å². The fraction of sp³-hybridized carbons (Fsp3) is 0.654. The summed E-state index contributed by atoms with van der Waals surface area (Å²) in [6.45, 7) is 15.4. The summed E-state index contributed by atoms with van der Waals surface area (Å²) in [5, 5.41) is 17.5. The van der Waals surface area contributed by atoms with E-state index < -0.39 is 6.23 Å². The summed E-state index contributed by atoms with van der Waals surface area (Å²) >= 11 is 5.22. The largest absolute Gasteiger partial charge is 0.379 e. The third kappa shape index (κ3) is 11.8. The van der Waals surface area contributed by atoms with E-state index in [9.17, 15) is 5.11 Å². The Morgan fingerprint density at radius 1 is 1.38 bits per heavy atom. The molecule has 0 fully saturated rings. The fourth-order valence-electron chi connectivity index (χ4n) is 3.43. The van der Waals surface area contributed by atoms with Gasteiger partial charge in [-0.05, 0) is 51.5 Å². The Labute approximate surface area is 209 Å². The molecule has 0 spiro atoms. The summed E-state index contributed by atoms with van der Waals surface area (Å²) < 4.78 is 0. The number of anilines is 1. The predicted molar refractivity (Wildman–Crippen MR) is 146 cm³/mol. The molecular weight excluding hydrogens is 482 g/mol. The number of halogens is 1. The number of alkyl halides is 1. The van der Waals surface area contributed by atoms with E-state index in [-0.39, 0.29) is 5.92 Å². The number of aliphatic hydroxyl groups is 1. The van der Waals surface area contributed by atoms with E-state index in [4.69, 9.17) is 4.98 Å². The minimum Gasteiger partial charge on any atom is -0.379 e. The van der Waals surface area contributed by atoms with E-state index in [1.165, 1.54) is 12.0 Å². The molecule has 1 aromatic rings. The highest BCUT2D eigenvalue weighted by Crippen LogP contribution is 2.29. The van der Waals surface area contributed by atoms with Crippen molar-refractivity contribution in [2.45, 2.75) is 78.4 Å². The van der Waals surface area contributed by atoms with Gasteiger partial charge >= 0.3 is 0 Å². The van der Waals surface area contributed by atoms with Crippen LogP contribution in [0.5, 0.6) is 0 Å². The molecule has 2 unspecified atom stereocenters. The molecule has 0 saturated carbocycles. The molecule has 1 aromatic heterocycles. The first-order valence-corrected chi connectivity index (χ1v) is 14.0. The van der Waals surface area contributed by atoms with Crippen molar-refractivity contribution in [3.05, 3.63) is 47.5 Å². The zero-order chi connectivity index (χ0) is 23.8. The lowest BCUT2D eigenvalue weighted by Crippen LogP contribution is -2.32. The number of thiazole rings is 1. The van der Waals surface area contributed by atoms with E-state index >= 15 is 0 Å². The quantitative estimate of drug-likeness (QED) is 0.122. The normalized spacial score (nSPS) is 14.3. The zero-order valence-electron chi connectivity index (χ0n) is 20.5. The van der Waals surface area contributed by atoms with Crippen LogP contribution in [-0.2, 0) is 0 Å². The monoisotopic (exact) mass is 525 g/mol. The number of aliphatic hydroxyl groups excluding tert-OH is 1. The van der Waals surface area contributed by atoms with Gasteiger partial charge in [-0.1, -0.05) is 73.0 Å². The smallest absolute Gasteiger partial charge is 0.185 e. The van der Waals surface area contributed by atoms with Crippen LogP contribution in [-0.4, -0.2) is 41.3 Å². The van der Waals surface area contributed by atoms with E-state index in [0.29, 0.717) is 5.92 Å². The van der Waals surface area contributed by atoms with Gasteiger partial charge in [0.05, 0.1) is 5.69 Å². The van der Waals surface area contributed by atoms with Gasteiger partial charge in [0.1, 0.15) is 6.23 Å². The average Bonchev–Trinajstić information content (AvgIpc) is 3.26. The number of hydrogen-bond donors (Lipinski definition) is 2. The van der Waals surface area contributed by atoms with Crippen molar-refractivity contribution in [3.8, 4) is 0 Å². The highest BCUT2D eigenvalue weighted by molar-refractivity contribution is 9.09. The number of nitrogens with one attached hydrogen (secondary N) is 1. The number of aromatic nitrogens is 1. The van der Waals surface area contributed by atoms with E-state index in [1.54, 1.807) is 11.3 Å².